The molecule has 0 saturated heterocycles. The van der Waals surface area contributed by atoms with Gasteiger partial charge in [0.15, 0.2) is 0 Å². The summed E-state index contributed by atoms with van der Waals surface area (Å²) in [6, 6.07) is 0. The maximum absolute atomic E-state index is 9.79. The molecule has 4 heteroatoms. The quantitative estimate of drug-likeness (QED) is 0.394. The van der Waals surface area contributed by atoms with Gasteiger partial charge in [-0.05, 0) is 0 Å². The Morgan fingerprint density at radius 2 is 1.78 bits per heavy atom. The summed E-state index contributed by atoms with van der Waals surface area (Å²) in [6.07, 6.45) is -0.961. The third kappa shape index (κ3) is 2.55. The number of aldehydes is 1. The van der Waals surface area contributed by atoms with Gasteiger partial charge in [-0.25, -0.2) is 0 Å². The van der Waals surface area contributed by atoms with E-state index in [1.165, 1.54) is 0 Å². The molecule has 0 spiro atoms. The summed E-state index contributed by atoms with van der Waals surface area (Å²) in [5.74, 6) is -0.734. The van der Waals surface area contributed by atoms with Crippen LogP contribution >= 0.6 is 0 Å². The first-order chi connectivity index (χ1) is 4.26. The van der Waals surface area contributed by atoms with Crippen LogP contribution in [0, 0.1) is 5.92 Å². The van der Waals surface area contributed by atoms with E-state index in [0.717, 1.165) is 0 Å². The molecule has 0 bridgehead atoms. The summed E-state index contributed by atoms with van der Waals surface area (Å²) in [5.41, 5.74) is 0. The summed E-state index contributed by atoms with van der Waals surface area (Å²) in [7, 11) is 0. The molecule has 0 aromatic carbocycles. The summed E-state index contributed by atoms with van der Waals surface area (Å²) in [4.78, 5) is 9.79. The molecule has 0 heterocycles. The van der Waals surface area contributed by atoms with Crippen molar-refractivity contribution in [3.8, 4) is 0 Å². The number of rotatable bonds is 4. The van der Waals surface area contributed by atoms with Crippen molar-refractivity contribution in [2.45, 2.75) is 6.10 Å². The molecule has 0 amide bonds. The molecule has 0 aliphatic rings. The van der Waals surface area contributed by atoms with E-state index in [4.69, 9.17) is 15.3 Å². The van der Waals surface area contributed by atoms with Crippen LogP contribution in [0.4, 0.5) is 0 Å². The van der Waals surface area contributed by atoms with Crippen LogP contribution in [0.3, 0.4) is 0 Å². The van der Waals surface area contributed by atoms with E-state index in [9.17, 15) is 4.79 Å². The fraction of sp³-hybridized carbons (Fsp3) is 0.800. The third-order valence-corrected chi connectivity index (χ3v) is 1.09. The smallest absolute Gasteiger partial charge is 0.148 e. The van der Waals surface area contributed by atoms with Crippen LogP contribution in [0.1, 0.15) is 0 Å². The van der Waals surface area contributed by atoms with E-state index in [0.29, 0.717) is 0 Å². The highest BCUT2D eigenvalue weighted by molar-refractivity contribution is 5.56. The fourth-order valence-electron chi connectivity index (χ4n) is 0.385. The van der Waals surface area contributed by atoms with Crippen LogP contribution in [0.15, 0.2) is 0 Å². The maximum atomic E-state index is 9.79. The molecule has 3 N–H and O–H groups in total. The Morgan fingerprint density at radius 1 is 1.33 bits per heavy atom. The van der Waals surface area contributed by atoms with Gasteiger partial charge in [-0.3, -0.25) is 0 Å². The monoisotopic (exact) mass is 134 g/mol. The Labute approximate surface area is 52.7 Å². The predicted molar refractivity (Wildman–Crippen MR) is 29.7 cm³/mol. The van der Waals surface area contributed by atoms with E-state index < -0.39 is 12.0 Å². The maximum Gasteiger partial charge on any atom is 0.148 e. The number of carbonyl (C=O) groups is 1. The van der Waals surface area contributed by atoms with E-state index in [1.807, 2.05) is 0 Å². The molecule has 0 rings (SSSR count). The Balaban J connectivity index is 3.63. The Kier molecular flexibility index (Phi) is 4.21. The second-order valence-corrected chi connectivity index (χ2v) is 1.75. The molecule has 0 saturated carbocycles. The zero-order valence-electron chi connectivity index (χ0n) is 4.90. The van der Waals surface area contributed by atoms with Gasteiger partial charge in [-0.15, -0.1) is 0 Å². The number of aliphatic hydroxyl groups is 3. The second-order valence-electron chi connectivity index (χ2n) is 1.75. The van der Waals surface area contributed by atoms with Gasteiger partial charge in [0.25, 0.3) is 0 Å². The number of hydrogen-bond acceptors (Lipinski definition) is 4. The van der Waals surface area contributed by atoms with Crippen molar-refractivity contribution < 1.29 is 20.1 Å². The molecule has 4 nitrogen and oxygen atoms in total. The summed E-state index contributed by atoms with van der Waals surface area (Å²) < 4.78 is 0. The topological polar surface area (TPSA) is 77.8 Å². The van der Waals surface area contributed by atoms with Gasteiger partial charge in [-0.2, -0.15) is 0 Å². The molecule has 1 atom stereocenters. The Morgan fingerprint density at radius 3 is 1.89 bits per heavy atom. The minimum Gasteiger partial charge on any atom is -0.396 e. The lowest BCUT2D eigenvalue weighted by Gasteiger charge is -2.11. The van der Waals surface area contributed by atoms with Crippen LogP contribution in [-0.2, 0) is 4.79 Å². The van der Waals surface area contributed by atoms with Crippen LogP contribution in [0.2, 0.25) is 0 Å². The van der Waals surface area contributed by atoms with Crippen molar-refractivity contribution in [3.63, 3.8) is 0 Å². The average Bonchev–Trinajstić information content (AvgIpc) is 1.90. The lowest BCUT2D eigenvalue weighted by molar-refractivity contribution is -0.119. The minimum absolute atomic E-state index is 0.289. The first-order valence-electron chi connectivity index (χ1n) is 2.61. The van der Waals surface area contributed by atoms with Gasteiger partial charge in [0.05, 0.1) is 13.2 Å². The molecular weight excluding hydrogens is 124 g/mol. The van der Waals surface area contributed by atoms with Crippen LogP contribution in [-0.4, -0.2) is 40.9 Å². The van der Waals surface area contributed by atoms with Gasteiger partial charge < -0.3 is 20.1 Å². The highest BCUT2D eigenvalue weighted by Crippen LogP contribution is 1.97. The largest absolute Gasteiger partial charge is 0.396 e. The first-order valence-corrected chi connectivity index (χ1v) is 2.61. The molecule has 0 aromatic rings. The minimum atomic E-state index is -1.25. The van der Waals surface area contributed by atoms with Crippen molar-refractivity contribution in [2.24, 2.45) is 5.92 Å². The second kappa shape index (κ2) is 4.43. The van der Waals surface area contributed by atoms with Gasteiger partial charge in [-0.1, -0.05) is 0 Å². The average molecular weight is 134 g/mol. The van der Waals surface area contributed by atoms with Gasteiger partial charge in [0.1, 0.15) is 12.4 Å². The predicted octanol–water partition coefficient (Wildman–Crippen LogP) is -1.85. The molecule has 0 fully saturated rings. The molecule has 0 aromatic heterocycles. The zero-order valence-corrected chi connectivity index (χ0v) is 4.90. The standard InChI is InChI=1S/C5H10O4/c6-1-4(2-7)5(9)3-8/h3-7,9H,1-2H2. The Hall–Kier alpha value is -0.450. The number of aliphatic hydroxyl groups excluding tert-OH is 3. The van der Waals surface area contributed by atoms with Crippen LogP contribution in [0.25, 0.3) is 0 Å². The van der Waals surface area contributed by atoms with E-state index in [2.05, 4.69) is 0 Å². The van der Waals surface area contributed by atoms with Crippen molar-refractivity contribution in [3.05, 3.63) is 0 Å². The first kappa shape index (κ1) is 8.55. The van der Waals surface area contributed by atoms with E-state index in [-0.39, 0.29) is 19.5 Å². The van der Waals surface area contributed by atoms with Crippen molar-refractivity contribution >= 4 is 6.29 Å². The van der Waals surface area contributed by atoms with Gasteiger partial charge in [0.2, 0.25) is 0 Å². The van der Waals surface area contributed by atoms with Crippen LogP contribution in [0.5, 0.6) is 0 Å². The Bertz CT molecular complexity index is 79.0. The van der Waals surface area contributed by atoms with Crippen molar-refractivity contribution in [1.82, 2.24) is 0 Å². The zero-order chi connectivity index (χ0) is 7.28. The summed E-state index contributed by atoms with van der Waals surface area (Å²) >= 11 is 0. The summed E-state index contributed by atoms with van der Waals surface area (Å²) in [6.45, 7) is -0.757. The summed E-state index contributed by atoms with van der Waals surface area (Å²) in [5, 5.41) is 25.3. The fourth-order valence-corrected chi connectivity index (χ4v) is 0.385. The van der Waals surface area contributed by atoms with Crippen molar-refractivity contribution in [1.29, 1.82) is 0 Å². The highest BCUT2D eigenvalue weighted by atomic mass is 16.3. The molecule has 9 heavy (non-hydrogen) atoms. The molecule has 0 aliphatic heterocycles. The van der Waals surface area contributed by atoms with E-state index >= 15 is 0 Å². The van der Waals surface area contributed by atoms with Crippen LogP contribution < -0.4 is 0 Å². The van der Waals surface area contributed by atoms with Gasteiger partial charge in [0, 0.05) is 5.92 Å². The van der Waals surface area contributed by atoms with E-state index in [1.54, 1.807) is 0 Å². The molecule has 1 unspecified atom stereocenters. The number of carbonyl (C=O) groups excluding carboxylic acids is 1. The molecule has 0 aliphatic carbocycles. The van der Waals surface area contributed by atoms with Gasteiger partial charge >= 0.3 is 0 Å². The number of hydrogen-bond donors (Lipinski definition) is 3. The lowest BCUT2D eigenvalue weighted by atomic mass is 10.1. The molecule has 0 radical (unpaired) electrons. The molecule has 54 valence electrons. The lowest BCUT2D eigenvalue weighted by Crippen LogP contribution is -2.27. The molecular formula is C5H10O4. The normalized spacial score (nSPS) is 13.8. The van der Waals surface area contributed by atoms with Crippen molar-refractivity contribution in [2.75, 3.05) is 13.2 Å². The third-order valence-electron chi connectivity index (χ3n) is 1.09. The SMILES string of the molecule is O=CC(O)C(CO)CO. The highest BCUT2D eigenvalue weighted by Gasteiger charge is 2.15.